The first-order valence-electron chi connectivity index (χ1n) is 8.27. The first-order chi connectivity index (χ1) is 10.9. The van der Waals surface area contributed by atoms with Gasteiger partial charge in [-0.25, -0.2) is 4.79 Å². The number of methoxy groups -OCH3 is 1. The molecule has 130 valence electrons. The summed E-state index contributed by atoms with van der Waals surface area (Å²) in [5, 5.41) is 6.16. The van der Waals surface area contributed by atoms with E-state index in [1.54, 1.807) is 7.11 Å². The van der Waals surface area contributed by atoms with Gasteiger partial charge in [0.1, 0.15) is 11.4 Å². The number of rotatable bonds is 8. The van der Waals surface area contributed by atoms with Crippen LogP contribution in [0.5, 0.6) is 5.75 Å². The second-order valence-electron chi connectivity index (χ2n) is 6.53. The minimum Gasteiger partial charge on any atom is -0.497 e. The average Bonchev–Trinajstić information content (AvgIpc) is 2.46. The maximum Gasteiger partial charge on any atom is 0.412 e. The molecule has 0 aromatic heterocycles. The third kappa shape index (κ3) is 7.77. The number of benzene rings is 1. The van der Waals surface area contributed by atoms with Crippen molar-refractivity contribution < 1.29 is 14.3 Å². The summed E-state index contributed by atoms with van der Waals surface area (Å²) in [6, 6.07) is 5.51. The lowest BCUT2D eigenvalue weighted by Crippen LogP contribution is -2.27. The fourth-order valence-corrected chi connectivity index (χ4v) is 2.09. The molecule has 0 aliphatic rings. The fraction of sp³-hybridized carbons (Fsp3) is 0.611. The molecule has 1 aromatic rings. The number of amides is 1. The predicted molar refractivity (Wildman–Crippen MR) is 95.5 cm³/mol. The smallest absolute Gasteiger partial charge is 0.412 e. The van der Waals surface area contributed by atoms with Crippen molar-refractivity contribution in [2.45, 2.75) is 59.0 Å². The number of hydrogen-bond acceptors (Lipinski definition) is 4. The van der Waals surface area contributed by atoms with Crippen LogP contribution >= 0.6 is 0 Å². The Morgan fingerprint density at radius 2 is 1.87 bits per heavy atom. The van der Waals surface area contributed by atoms with Gasteiger partial charge >= 0.3 is 6.09 Å². The second-order valence-corrected chi connectivity index (χ2v) is 6.53. The van der Waals surface area contributed by atoms with Crippen LogP contribution in [0.2, 0.25) is 0 Å². The van der Waals surface area contributed by atoms with Gasteiger partial charge in [0.05, 0.1) is 18.5 Å². The van der Waals surface area contributed by atoms with Crippen LogP contribution in [0.25, 0.3) is 0 Å². The monoisotopic (exact) mass is 322 g/mol. The van der Waals surface area contributed by atoms with Crippen LogP contribution in [0, 0.1) is 0 Å². The molecule has 5 nitrogen and oxygen atoms in total. The van der Waals surface area contributed by atoms with Gasteiger partial charge in [0, 0.05) is 12.6 Å². The summed E-state index contributed by atoms with van der Waals surface area (Å²) in [6.07, 6.45) is 4.28. The first-order valence-corrected chi connectivity index (χ1v) is 8.27. The lowest BCUT2D eigenvalue weighted by atomic mass is 10.2. The zero-order valence-electron chi connectivity index (χ0n) is 15.0. The molecule has 0 radical (unpaired) electrons. The quantitative estimate of drug-likeness (QED) is 0.659. The van der Waals surface area contributed by atoms with Crippen LogP contribution in [-0.4, -0.2) is 25.3 Å². The van der Waals surface area contributed by atoms with Crippen LogP contribution in [0.3, 0.4) is 0 Å². The molecule has 0 aliphatic carbocycles. The molecule has 5 heteroatoms. The van der Waals surface area contributed by atoms with E-state index in [9.17, 15) is 4.79 Å². The highest BCUT2D eigenvalue weighted by molar-refractivity contribution is 5.90. The van der Waals surface area contributed by atoms with Crippen LogP contribution in [0.1, 0.15) is 53.4 Å². The van der Waals surface area contributed by atoms with E-state index in [2.05, 4.69) is 17.6 Å². The van der Waals surface area contributed by atoms with Gasteiger partial charge < -0.3 is 14.8 Å². The van der Waals surface area contributed by atoms with Crippen molar-refractivity contribution in [1.29, 1.82) is 0 Å². The van der Waals surface area contributed by atoms with Crippen molar-refractivity contribution in [3.63, 3.8) is 0 Å². The Kier molecular flexibility index (Phi) is 7.72. The maximum atomic E-state index is 12.0. The highest BCUT2D eigenvalue weighted by Crippen LogP contribution is 2.27. The summed E-state index contributed by atoms with van der Waals surface area (Å²) in [6.45, 7) is 8.57. The Bertz CT molecular complexity index is 496. The van der Waals surface area contributed by atoms with Crippen molar-refractivity contribution >= 4 is 17.5 Å². The molecule has 0 aliphatic heterocycles. The molecule has 0 heterocycles. The van der Waals surface area contributed by atoms with Gasteiger partial charge in [-0.1, -0.05) is 26.2 Å². The summed E-state index contributed by atoms with van der Waals surface area (Å²) in [5.41, 5.74) is 1.01. The number of ether oxygens (including phenoxy) is 2. The van der Waals surface area contributed by atoms with Crippen molar-refractivity contribution in [2.75, 3.05) is 24.3 Å². The number of carbonyl (C=O) groups is 1. The van der Waals surface area contributed by atoms with E-state index in [1.807, 2.05) is 39.0 Å². The topological polar surface area (TPSA) is 59.6 Å². The summed E-state index contributed by atoms with van der Waals surface area (Å²) in [7, 11) is 1.63. The highest BCUT2D eigenvalue weighted by atomic mass is 16.6. The van der Waals surface area contributed by atoms with E-state index >= 15 is 0 Å². The number of carbonyl (C=O) groups excluding carboxylic acids is 1. The summed E-state index contributed by atoms with van der Waals surface area (Å²) < 4.78 is 10.6. The molecule has 0 fully saturated rings. The van der Waals surface area contributed by atoms with Gasteiger partial charge in [-0.05, 0) is 39.3 Å². The molecule has 0 saturated carbocycles. The Balaban J connectivity index is 2.71. The third-order valence-corrected chi connectivity index (χ3v) is 3.21. The number of unbranched alkanes of at least 4 members (excludes halogenated alkanes) is 3. The van der Waals surface area contributed by atoms with E-state index in [0.717, 1.165) is 24.4 Å². The van der Waals surface area contributed by atoms with Gasteiger partial charge in [0.25, 0.3) is 0 Å². The van der Waals surface area contributed by atoms with Gasteiger partial charge in [0.2, 0.25) is 0 Å². The fourth-order valence-electron chi connectivity index (χ4n) is 2.09. The minimum absolute atomic E-state index is 0.461. The SMILES string of the molecule is CCCCCCNc1cc(OC)ccc1NC(=O)OC(C)(C)C. The molecule has 0 atom stereocenters. The molecule has 0 unspecified atom stereocenters. The van der Waals surface area contributed by atoms with Crippen LogP contribution in [0.4, 0.5) is 16.2 Å². The van der Waals surface area contributed by atoms with E-state index in [-0.39, 0.29) is 0 Å². The van der Waals surface area contributed by atoms with Crippen LogP contribution < -0.4 is 15.4 Å². The zero-order chi connectivity index (χ0) is 17.3. The standard InChI is InChI=1S/C18H30N2O3/c1-6-7-8-9-12-19-16-13-14(22-5)10-11-15(16)20-17(21)23-18(2,3)4/h10-11,13,19H,6-9,12H2,1-5H3,(H,20,21). The Hall–Kier alpha value is -1.91. The molecular formula is C18H30N2O3. The van der Waals surface area contributed by atoms with Crippen molar-refractivity contribution in [3.05, 3.63) is 18.2 Å². The van der Waals surface area contributed by atoms with Crippen LogP contribution in [0.15, 0.2) is 18.2 Å². The van der Waals surface area contributed by atoms with E-state index in [4.69, 9.17) is 9.47 Å². The number of anilines is 2. The lowest BCUT2D eigenvalue weighted by Gasteiger charge is -2.21. The maximum absolute atomic E-state index is 12.0. The summed E-state index contributed by atoms with van der Waals surface area (Å²) >= 11 is 0. The van der Waals surface area contributed by atoms with E-state index < -0.39 is 11.7 Å². The molecule has 23 heavy (non-hydrogen) atoms. The van der Waals surface area contributed by atoms with Crippen molar-refractivity contribution in [2.24, 2.45) is 0 Å². The molecule has 1 rings (SSSR count). The van der Waals surface area contributed by atoms with E-state index in [1.165, 1.54) is 19.3 Å². The Morgan fingerprint density at radius 1 is 1.13 bits per heavy atom. The second kappa shape index (κ2) is 9.28. The first kappa shape index (κ1) is 19.1. The summed E-state index contributed by atoms with van der Waals surface area (Å²) in [5.74, 6) is 0.746. The molecule has 1 amide bonds. The molecule has 0 spiro atoms. The molecule has 0 bridgehead atoms. The highest BCUT2D eigenvalue weighted by Gasteiger charge is 2.17. The summed E-state index contributed by atoms with van der Waals surface area (Å²) in [4.78, 5) is 12.0. The zero-order valence-corrected chi connectivity index (χ0v) is 15.0. The largest absolute Gasteiger partial charge is 0.497 e. The third-order valence-electron chi connectivity index (χ3n) is 3.21. The van der Waals surface area contributed by atoms with Crippen molar-refractivity contribution in [3.8, 4) is 5.75 Å². The number of nitrogens with one attached hydrogen (secondary N) is 2. The molecule has 0 saturated heterocycles. The van der Waals surface area contributed by atoms with Crippen LogP contribution in [-0.2, 0) is 4.74 Å². The normalized spacial score (nSPS) is 11.0. The number of hydrogen-bond donors (Lipinski definition) is 2. The van der Waals surface area contributed by atoms with Gasteiger partial charge in [0.15, 0.2) is 0 Å². The van der Waals surface area contributed by atoms with Crippen molar-refractivity contribution in [1.82, 2.24) is 0 Å². The van der Waals surface area contributed by atoms with Gasteiger partial charge in [-0.15, -0.1) is 0 Å². The Morgan fingerprint density at radius 3 is 2.48 bits per heavy atom. The molecule has 1 aromatic carbocycles. The Labute approximate surface area is 139 Å². The molecule has 2 N–H and O–H groups in total. The predicted octanol–water partition coefficient (Wildman–Crippen LogP) is 5.03. The van der Waals surface area contributed by atoms with Gasteiger partial charge in [-0.2, -0.15) is 0 Å². The minimum atomic E-state index is -0.524. The molecular weight excluding hydrogens is 292 g/mol. The lowest BCUT2D eigenvalue weighted by molar-refractivity contribution is 0.0636. The van der Waals surface area contributed by atoms with E-state index in [0.29, 0.717) is 5.69 Å². The van der Waals surface area contributed by atoms with Gasteiger partial charge in [-0.3, -0.25) is 5.32 Å². The average molecular weight is 322 g/mol.